The van der Waals surface area contributed by atoms with Gasteiger partial charge >= 0.3 is 0 Å². The number of aromatic nitrogens is 2. The smallest absolute Gasteiger partial charge is 0.255 e. The summed E-state index contributed by atoms with van der Waals surface area (Å²) >= 11 is 0. The van der Waals surface area contributed by atoms with E-state index >= 15 is 0 Å². The summed E-state index contributed by atoms with van der Waals surface area (Å²) in [6.07, 6.45) is 5.29. The minimum absolute atomic E-state index is 0.0283. The Morgan fingerprint density at radius 2 is 2.14 bits per heavy atom. The molecule has 7 heteroatoms. The molecule has 1 aliphatic rings. The molecule has 5 N–H and O–H groups in total. The predicted octanol–water partition coefficient (Wildman–Crippen LogP) is 2.13. The molecule has 3 rings (SSSR count). The van der Waals surface area contributed by atoms with Crippen molar-refractivity contribution in [2.24, 2.45) is 5.41 Å². The van der Waals surface area contributed by atoms with Gasteiger partial charge in [-0.05, 0) is 42.6 Å². The highest BCUT2D eigenvalue weighted by Crippen LogP contribution is 2.40. The van der Waals surface area contributed by atoms with E-state index in [1.807, 2.05) is 18.2 Å². The number of nitrogen functional groups attached to an aromatic ring is 1. The van der Waals surface area contributed by atoms with Crippen LogP contribution >= 0.6 is 0 Å². The molecule has 0 saturated heterocycles. The summed E-state index contributed by atoms with van der Waals surface area (Å²) in [4.78, 5) is 30.6. The molecule has 29 heavy (non-hydrogen) atoms. The lowest BCUT2D eigenvalue weighted by Gasteiger charge is -2.37. The Hall–Kier alpha value is -2.67. The van der Waals surface area contributed by atoms with Gasteiger partial charge in [-0.15, -0.1) is 0 Å². The summed E-state index contributed by atoms with van der Waals surface area (Å²) in [7, 11) is 0. The van der Waals surface area contributed by atoms with Crippen LogP contribution in [0.2, 0.25) is 0 Å². The van der Waals surface area contributed by atoms with Crippen molar-refractivity contribution in [3.05, 3.63) is 58.0 Å². The fraction of sp³-hybridized carbons (Fsp3) is 0.500. The molecule has 0 unspecified atom stereocenters. The van der Waals surface area contributed by atoms with Crippen LogP contribution in [0.3, 0.4) is 0 Å². The summed E-state index contributed by atoms with van der Waals surface area (Å²) in [6, 6.07) is 10.3. The molecule has 2 aromatic rings. The van der Waals surface area contributed by atoms with Crippen molar-refractivity contribution in [1.29, 1.82) is 0 Å². The molecule has 1 fully saturated rings. The number of amides is 1. The molecule has 1 aromatic heterocycles. The first-order valence-corrected chi connectivity index (χ1v) is 10.2. The van der Waals surface area contributed by atoms with Gasteiger partial charge in [-0.25, -0.2) is 4.98 Å². The SMILES string of the molecule is C[C@@]1(CNC(=O)Cc2cnc(N)[nH]c2=O)CCC[C@@H](O)C[C@H](c2ccccc2)C1. The monoisotopic (exact) mass is 398 g/mol. The number of benzene rings is 1. The maximum Gasteiger partial charge on any atom is 0.255 e. The lowest BCUT2D eigenvalue weighted by molar-refractivity contribution is -0.121. The van der Waals surface area contributed by atoms with Crippen LogP contribution in [0.15, 0.2) is 41.3 Å². The van der Waals surface area contributed by atoms with E-state index in [1.165, 1.54) is 11.8 Å². The highest BCUT2D eigenvalue weighted by molar-refractivity contribution is 5.78. The zero-order chi connectivity index (χ0) is 20.9. The van der Waals surface area contributed by atoms with Crippen molar-refractivity contribution < 1.29 is 9.90 Å². The van der Waals surface area contributed by atoms with Gasteiger partial charge in [0.2, 0.25) is 5.91 Å². The molecule has 0 radical (unpaired) electrons. The number of hydrogen-bond acceptors (Lipinski definition) is 5. The van der Waals surface area contributed by atoms with Gasteiger partial charge in [-0.3, -0.25) is 14.6 Å². The van der Waals surface area contributed by atoms with Crippen molar-refractivity contribution >= 4 is 11.9 Å². The fourth-order valence-electron chi connectivity index (χ4n) is 4.24. The van der Waals surface area contributed by atoms with Gasteiger partial charge in [0.25, 0.3) is 5.56 Å². The summed E-state index contributed by atoms with van der Waals surface area (Å²) in [6.45, 7) is 2.73. The Morgan fingerprint density at radius 3 is 2.86 bits per heavy atom. The van der Waals surface area contributed by atoms with Crippen LogP contribution in [0.25, 0.3) is 0 Å². The van der Waals surface area contributed by atoms with E-state index in [9.17, 15) is 14.7 Å². The number of carbonyl (C=O) groups excluding carboxylic acids is 1. The van der Waals surface area contributed by atoms with E-state index < -0.39 is 0 Å². The molecule has 0 spiro atoms. The number of aliphatic hydroxyl groups excluding tert-OH is 1. The molecule has 1 aromatic carbocycles. The third-order valence-corrected chi connectivity index (χ3v) is 5.84. The summed E-state index contributed by atoms with van der Waals surface area (Å²) < 4.78 is 0. The quantitative estimate of drug-likeness (QED) is 0.615. The van der Waals surface area contributed by atoms with Gasteiger partial charge in [0.15, 0.2) is 5.95 Å². The number of rotatable bonds is 5. The van der Waals surface area contributed by atoms with Gasteiger partial charge in [0.05, 0.1) is 12.5 Å². The Bertz CT molecular complexity index is 883. The highest BCUT2D eigenvalue weighted by atomic mass is 16.3. The predicted molar refractivity (Wildman–Crippen MR) is 112 cm³/mol. The number of hydrogen-bond donors (Lipinski definition) is 4. The molecule has 156 valence electrons. The van der Waals surface area contributed by atoms with E-state index in [0.29, 0.717) is 12.1 Å². The van der Waals surface area contributed by atoms with E-state index in [1.54, 1.807) is 0 Å². The first-order valence-electron chi connectivity index (χ1n) is 10.2. The average Bonchev–Trinajstić information content (AvgIpc) is 2.68. The Morgan fingerprint density at radius 1 is 1.38 bits per heavy atom. The molecule has 1 heterocycles. The fourth-order valence-corrected chi connectivity index (χ4v) is 4.24. The van der Waals surface area contributed by atoms with E-state index in [2.05, 4.69) is 34.3 Å². The van der Waals surface area contributed by atoms with Crippen LogP contribution in [0.1, 0.15) is 56.1 Å². The third kappa shape index (κ3) is 5.90. The van der Waals surface area contributed by atoms with Crippen molar-refractivity contribution in [2.45, 2.75) is 57.5 Å². The van der Waals surface area contributed by atoms with Crippen molar-refractivity contribution in [1.82, 2.24) is 15.3 Å². The third-order valence-electron chi connectivity index (χ3n) is 5.84. The lowest BCUT2D eigenvalue weighted by atomic mass is 9.71. The molecule has 3 atom stereocenters. The first kappa shape index (κ1) is 21.0. The minimum Gasteiger partial charge on any atom is -0.393 e. The van der Waals surface area contributed by atoms with Crippen LogP contribution < -0.4 is 16.6 Å². The number of aliphatic hydroxyl groups is 1. The van der Waals surface area contributed by atoms with Gasteiger partial charge < -0.3 is 16.2 Å². The van der Waals surface area contributed by atoms with Crippen LogP contribution in [0, 0.1) is 5.41 Å². The molecule has 1 amide bonds. The second-order valence-electron chi connectivity index (χ2n) is 8.48. The molecule has 7 nitrogen and oxygen atoms in total. The molecule has 0 bridgehead atoms. The van der Waals surface area contributed by atoms with E-state index in [4.69, 9.17) is 5.73 Å². The van der Waals surface area contributed by atoms with Gasteiger partial charge in [-0.1, -0.05) is 43.7 Å². The Labute approximate surface area is 170 Å². The van der Waals surface area contributed by atoms with Crippen molar-refractivity contribution in [2.75, 3.05) is 12.3 Å². The summed E-state index contributed by atoms with van der Waals surface area (Å²) in [5.41, 5.74) is 6.50. The summed E-state index contributed by atoms with van der Waals surface area (Å²) in [5.74, 6) is 0.0783. The molecule has 0 aliphatic heterocycles. The molecule has 1 saturated carbocycles. The maximum absolute atomic E-state index is 12.4. The highest BCUT2D eigenvalue weighted by Gasteiger charge is 2.32. The van der Waals surface area contributed by atoms with Gasteiger partial charge in [-0.2, -0.15) is 0 Å². The number of anilines is 1. The largest absolute Gasteiger partial charge is 0.393 e. The second-order valence-corrected chi connectivity index (χ2v) is 8.48. The zero-order valence-electron chi connectivity index (χ0n) is 16.9. The number of H-pyrrole nitrogens is 1. The van der Waals surface area contributed by atoms with Crippen LogP contribution in [-0.4, -0.2) is 33.6 Å². The lowest BCUT2D eigenvalue weighted by Crippen LogP contribution is -2.39. The maximum atomic E-state index is 12.4. The molecular formula is C22H30N4O3. The Kier molecular flexibility index (Phi) is 6.69. The first-order chi connectivity index (χ1) is 13.8. The number of nitrogens with one attached hydrogen (secondary N) is 2. The minimum atomic E-state index is -0.386. The van der Waals surface area contributed by atoms with Gasteiger partial charge in [0.1, 0.15) is 0 Å². The number of carbonyl (C=O) groups is 1. The zero-order valence-corrected chi connectivity index (χ0v) is 16.9. The van der Waals surface area contributed by atoms with Crippen LogP contribution in [0.4, 0.5) is 5.95 Å². The van der Waals surface area contributed by atoms with Crippen LogP contribution in [-0.2, 0) is 11.2 Å². The number of nitrogens with two attached hydrogens (primary N) is 1. The number of aromatic amines is 1. The van der Waals surface area contributed by atoms with Crippen molar-refractivity contribution in [3.63, 3.8) is 0 Å². The molecule has 1 aliphatic carbocycles. The standard InChI is InChI=1S/C22H30N4O3/c1-22(14-25-19(28)11-17-13-24-21(23)26-20(17)29)9-5-8-18(27)10-16(12-22)15-6-3-2-4-7-15/h2-4,6-7,13,16,18,27H,5,8-12,14H2,1H3,(H,25,28)(H3,23,24,26,29)/t16-,18+,22+/m0/s1. The van der Waals surface area contributed by atoms with Crippen molar-refractivity contribution in [3.8, 4) is 0 Å². The average molecular weight is 399 g/mol. The van der Waals surface area contributed by atoms with Crippen LogP contribution in [0.5, 0.6) is 0 Å². The normalized spacial score (nSPS) is 25.0. The topological polar surface area (TPSA) is 121 Å². The molecular weight excluding hydrogens is 368 g/mol. The number of nitrogens with zero attached hydrogens (tertiary/aromatic N) is 1. The van der Waals surface area contributed by atoms with E-state index in [-0.39, 0.29) is 41.3 Å². The Balaban J connectivity index is 1.65. The second kappa shape index (κ2) is 9.22. The van der Waals surface area contributed by atoms with Gasteiger partial charge in [0, 0.05) is 18.3 Å². The van der Waals surface area contributed by atoms with E-state index in [0.717, 1.165) is 32.1 Å². The summed E-state index contributed by atoms with van der Waals surface area (Å²) in [5, 5.41) is 13.3.